The predicted molar refractivity (Wildman–Crippen MR) is 77.3 cm³/mol. The third-order valence-electron chi connectivity index (χ3n) is 4.06. The number of rotatable bonds is 2. The van der Waals surface area contributed by atoms with E-state index < -0.39 is 0 Å². The van der Waals surface area contributed by atoms with Crippen LogP contribution in [0.5, 0.6) is 0 Å². The van der Waals surface area contributed by atoms with Crippen LogP contribution in [0.4, 0.5) is 0 Å². The van der Waals surface area contributed by atoms with Gasteiger partial charge in [0.25, 0.3) is 11.4 Å². The van der Waals surface area contributed by atoms with Crippen LogP contribution in [-0.4, -0.2) is 59.3 Å². The second-order valence-corrected chi connectivity index (χ2v) is 5.38. The first-order chi connectivity index (χ1) is 9.84. The van der Waals surface area contributed by atoms with Crippen molar-refractivity contribution in [3.8, 4) is 0 Å². The van der Waals surface area contributed by atoms with Gasteiger partial charge in [-0.1, -0.05) is 6.07 Å². The summed E-state index contributed by atoms with van der Waals surface area (Å²) in [6.07, 6.45) is 4.37. The molecule has 2 saturated heterocycles. The molecule has 1 aromatic heterocycles. The number of hydrogen-bond acceptors (Lipinski definition) is 2. The van der Waals surface area contributed by atoms with Gasteiger partial charge in [0.05, 0.1) is 26.3 Å². The Balaban J connectivity index is 1.88. The first-order valence-corrected chi connectivity index (χ1v) is 7.43. The lowest BCUT2D eigenvalue weighted by Gasteiger charge is -2.25. The van der Waals surface area contributed by atoms with Crippen LogP contribution < -0.4 is 5.56 Å². The largest absolute Gasteiger partial charge is 0.373 e. The number of ether oxygens (including phenoxy) is 1. The number of morpholine rings is 1. The average molecular weight is 276 g/mol. The number of aromatic nitrogens is 1. The number of pyridine rings is 1. The molecule has 0 aliphatic carbocycles. The molecule has 5 nitrogen and oxygen atoms in total. The summed E-state index contributed by atoms with van der Waals surface area (Å²) in [5.74, 6) is 1.28. The zero-order valence-corrected chi connectivity index (χ0v) is 11.8. The molecule has 5 heteroatoms. The Morgan fingerprint density at radius 1 is 1.20 bits per heavy atom. The van der Waals surface area contributed by atoms with Gasteiger partial charge in [-0.25, -0.2) is 0 Å². The SMILES string of the molecule is O=c1ccccn1CC(N1CCOCC1)=[N+]1CCCC1. The maximum absolute atomic E-state index is 11.9. The van der Waals surface area contributed by atoms with E-state index in [1.807, 2.05) is 12.3 Å². The third-order valence-corrected chi connectivity index (χ3v) is 4.06. The van der Waals surface area contributed by atoms with Gasteiger partial charge >= 0.3 is 0 Å². The molecule has 20 heavy (non-hydrogen) atoms. The van der Waals surface area contributed by atoms with Crippen LogP contribution in [0.3, 0.4) is 0 Å². The molecule has 0 atom stereocenters. The lowest BCUT2D eigenvalue weighted by Crippen LogP contribution is -2.47. The highest BCUT2D eigenvalue weighted by molar-refractivity contribution is 5.77. The zero-order valence-electron chi connectivity index (χ0n) is 11.8. The first-order valence-electron chi connectivity index (χ1n) is 7.43. The fourth-order valence-corrected chi connectivity index (χ4v) is 2.94. The second kappa shape index (κ2) is 6.22. The Hall–Kier alpha value is -1.62. The van der Waals surface area contributed by atoms with E-state index in [1.165, 1.54) is 18.7 Å². The molecule has 3 rings (SSSR count). The minimum atomic E-state index is 0.0671. The number of amidine groups is 1. The zero-order chi connectivity index (χ0) is 13.8. The molecule has 0 spiro atoms. The predicted octanol–water partition coefficient (Wildman–Crippen LogP) is 0.385. The summed E-state index contributed by atoms with van der Waals surface area (Å²) >= 11 is 0. The number of nitrogens with zero attached hydrogens (tertiary/aromatic N) is 3. The molecular formula is C15H22N3O2+. The fraction of sp³-hybridized carbons (Fsp3) is 0.600. The van der Waals surface area contributed by atoms with Gasteiger partial charge in [-0.15, -0.1) is 0 Å². The van der Waals surface area contributed by atoms with Crippen molar-refractivity contribution in [3.63, 3.8) is 0 Å². The molecule has 0 aromatic carbocycles. The Labute approximate surface area is 119 Å². The van der Waals surface area contributed by atoms with Crippen molar-refractivity contribution in [3.05, 3.63) is 34.7 Å². The van der Waals surface area contributed by atoms with Gasteiger partial charge in [0.2, 0.25) is 0 Å². The Bertz CT molecular complexity index is 536. The van der Waals surface area contributed by atoms with Crippen LogP contribution in [0.25, 0.3) is 0 Å². The van der Waals surface area contributed by atoms with Crippen LogP contribution in [0.15, 0.2) is 29.2 Å². The van der Waals surface area contributed by atoms with Crippen molar-refractivity contribution >= 4 is 5.84 Å². The molecule has 3 heterocycles. The minimum absolute atomic E-state index is 0.0671. The minimum Gasteiger partial charge on any atom is -0.373 e. The molecule has 2 aliphatic rings. The van der Waals surface area contributed by atoms with Gasteiger partial charge < -0.3 is 9.30 Å². The highest BCUT2D eigenvalue weighted by Gasteiger charge is 2.27. The van der Waals surface area contributed by atoms with Crippen LogP contribution in [0.2, 0.25) is 0 Å². The van der Waals surface area contributed by atoms with Gasteiger partial charge in [0.15, 0.2) is 0 Å². The monoisotopic (exact) mass is 276 g/mol. The molecular weight excluding hydrogens is 254 g/mol. The van der Waals surface area contributed by atoms with Crippen molar-refractivity contribution in [2.45, 2.75) is 19.4 Å². The highest BCUT2D eigenvalue weighted by Crippen LogP contribution is 2.07. The third kappa shape index (κ3) is 2.93. The fourth-order valence-electron chi connectivity index (χ4n) is 2.94. The van der Waals surface area contributed by atoms with E-state index in [-0.39, 0.29) is 5.56 Å². The van der Waals surface area contributed by atoms with Gasteiger partial charge in [-0.2, -0.15) is 0 Å². The highest BCUT2D eigenvalue weighted by atomic mass is 16.5. The Morgan fingerprint density at radius 2 is 1.95 bits per heavy atom. The van der Waals surface area contributed by atoms with Crippen molar-refractivity contribution in [2.75, 3.05) is 39.4 Å². The second-order valence-electron chi connectivity index (χ2n) is 5.38. The quantitative estimate of drug-likeness (QED) is 0.579. The van der Waals surface area contributed by atoms with E-state index in [0.29, 0.717) is 6.54 Å². The van der Waals surface area contributed by atoms with Crippen molar-refractivity contribution in [1.82, 2.24) is 9.47 Å². The van der Waals surface area contributed by atoms with E-state index in [4.69, 9.17) is 4.74 Å². The topological polar surface area (TPSA) is 37.5 Å². The van der Waals surface area contributed by atoms with E-state index >= 15 is 0 Å². The Morgan fingerprint density at radius 3 is 2.65 bits per heavy atom. The molecule has 1 aromatic rings. The van der Waals surface area contributed by atoms with Crippen molar-refractivity contribution < 1.29 is 9.31 Å². The molecule has 0 saturated carbocycles. The van der Waals surface area contributed by atoms with Crippen LogP contribution >= 0.6 is 0 Å². The molecule has 0 N–H and O–H groups in total. The summed E-state index contributed by atoms with van der Waals surface area (Å²) in [5.41, 5.74) is 0.0671. The van der Waals surface area contributed by atoms with Gasteiger partial charge in [0.1, 0.15) is 19.6 Å². The smallest absolute Gasteiger partial charge is 0.267 e. The van der Waals surface area contributed by atoms with E-state index in [0.717, 1.165) is 39.4 Å². The molecule has 2 fully saturated rings. The van der Waals surface area contributed by atoms with Gasteiger partial charge in [-0.3, -0.25) is 14.3 Å². The summed E-state index contributed by atoms with van der Waals surface area (Å²) in [4.78, 5) is 14.3. The first kappa shape index (κ1) is 13.4. The summed E-state index contributed by atoms with van der Waals surface area (Å²) in [6.45, 7) is 6.28. The maximum atomic E-state index is 11.9. The molecule has 108 valence electrons. The summed E-state index contributed by atoms with van der Waals surface area (Å²) in [6, 6.07) is 5.34. The van der Waals surface area contributed by atoms with E-state index in [9.17, 15) is 4.79 Å². The molecule has 0 amide bonds. The molecule has 0 unspecified atom stereocenters. The summed E-state index contributed by atoms with van der Waals surface area (Å²) in [5, 5.41) is 0. The standard InChI is InChI=1S/C15H22N3O2/c19-15-5-1-2-8-18(15)13-14(16-6-3-4-7-16)17-9-11-20-12-10-17/h1-2,5,8H,3-4,6-7,9-13H2/q+1. The van der Waals surface area contributed by atoms with Crippen LogP contribution in [0.1, 0.15) is 12.8 Å². The van der Waals surface area contributed by atoms with E-state index in [1.54, 1.807) is 16.7 Å². The Kier molecular flexibility index (Phi) is 4.16. The normalized spacial score (nSPS) is 19.4. The summed E-state index contributed by atoms with van der Waals surface area (Å²) in [7, 11) is 0. The van der Waals surface area contributed by atoms with Gasteiger partial charge in [-0.05, 0) is 18.9 Å². The van der Waals surface area contributed by atoms with E-state index in [2.05, 4.69) is 9.48 Å². The summed E-state index contributed by atoms with van der Waals surface area (Å²) < 4.78 is 9.67. The van der Waals surface area contributed by atoms with Crippen molar-refractivity contribution in [1.29, 1.82) is 0 Å². The molecule has 2 aliphatic heterocycles. The number of hydrogen-bond donors (Lipinski definition) is 0. The maximum Gasteiger partial charge on any atom is 0.267 e. The van der Waals surface area contributed by atoms with Crippen LogP contribution in [-0.2, 0) is 11.3 Å². The lowest BCUT2D eigenvalue weighted by molar-refractivity contribution is -0.513. The average Bonchev–Trinajstić information content (AvgIpc) is 3.01. The molecule has 0 bridgehead atoms. The van der Waals surface area contributed by atoms with Crippen molar-refractivity contribution in [2.24, 2.45) is 0 Å². The van der Waals surface area contributed by atoms with Gasteiger partial charge in [0, 0.05) is 12.3 Å². The van der Waals surface area contributed by atoms with Crippen LogP contribution in [0, 0.1) is 0 Å². The molecule has 0 radical (unpaired) electrons. The lowest BCUT2D eigenvalue weighted by atomic mass is 10.3.